The molecule has 2 heterocycles. The first-order chi connectivity index (χ1) is 13.8. The minimum absolute atomic E-state index is 0.0117. The third kappa shape index (κ3) is 5.79. The Morgan fingerprint density at radius 2 is 2.10 bits per heavy atom. The largest absolute Gasteiger partial charge is 0.471 e. The zero-order chi connectivity index (χ0) is 22.7. The lowest BCUT2D eigenvalue weighted by molar-refractivity contribution is -0.130. The number of aliphatic imine (C=N–C) groups is 1. The van der Waals surface area contributed by atoms with Crippen LogP contribution in [0.3, 0.4) is 0 Å². The number of halogens is 2. The van der Waals surface area contributed by atoms with Crippen LogP contribution in [-0.2, 0) is 16.1 Å². The number of aromatic nitrogens is 1. The zero-order valence-corrected chi connectivity index (χ0v) is 17.4. The van der Waals surface area contributed by atoms with Crippen molar-refractivity contribution in [3.63, 3.8) is 0 Å². The Morgan fingerprint density at radius 3 is 2.63 bits per heavy atom. The molecular formula is C21H25F2N3O4. The van der Waals surface area contributed by atoms with Gasteiger partial charge in [-0.05, 0) is 45.2 Å². The van der Waals surface area contributed by atoms with Crippen LogP contribution in [0.25, 0.3) is 0 Å². The van der Waals surface area contributed by atoms with Gasteiger partial charge < -0.3 is 14.7 Å². The smallest absolute Gasteiger partial charge is 0.278 e. The van der Waals surface area contributed by atoms with Crippen LogP contribution in [0.2, 0.25) is 0 Å². The standard InChI is InChI=1S/C21H25F2N3O4/c1-13-8-14(9-25-18(13)30-12-21(4,22)23)10-26-11-16(17(27)20(2,3)29)15(19(26)28)6-7-24-5/h6-9,29H,5,10-12H2,1-4H3/b7-6-. The molecule has 0 radical (unpaired) electrons. The molecule has 1 amide bonds. The number of Topliss-reactive ketones (excluding diaryl/α,β-unsaturated/α-hetero) is 1. The molecule has 1 aromatic heterocycles. The number of alkyl halides is 2. The van der Waals surface area contributed by atoms with E-state index in [-0.39, 0.29) is 30.1 Å². The van der Waals surface area contributed by atoms with Crippen LogP contribution >= 0.6 is 0 Å². The SMILES string of the molecule is C=N/C=C\C1=C(C(=O)C(C)(C)O)CN(Cc2cnc(OCC(C)(F)F)c(C)c2)C1=O. The van der Waals surface area contributed by atoms with Gasteiger partial charge in [-0.2, -0.15) is 0 Å². The molecule has 0 unspecified atom stereocenters. The van der Waals surface area contributed by atoms with Gasteiger partial charge in [0.05, 0.1) is 6.54 Å². The Morgan fingerprint density at radius 1 is 1.43 bits per heavy atom. The number of aryl methyl sites for hydroxylation is 1. The van der Waals surface area contributed by atoms with Gasteiger partial charge in [-0.15, -0.1) is 0 Å². The third-order valence-corrected chi connectivity index (χ3v) is 4.29. The summed E-state index contributed by atoms with van der Waals surface area (Å²) in [7, 11) is 0. The van der Waals surface area contributed by atoms with Crippen molar-refractivity contribution in [1.82, 2.24) is 9.88 Å². The number of ketones is 1. The Balaban J connectivity index is 2.21. The fourth-order valence-electron chi connectivity index (χ4n) is 2.91. The predicted octanol–water partition coefficient (Wildman–Crippen LogP) is 2.62. The van der Waals surface area contributed by atoms with Gasteiger partial charge in [-0.25, -0.2) is 13.8 Å². The second-order valence-electron chi connectivity index (χ2n) is 7.76. The van der Waals surface area contributed by atoms with Crippen LogP contribution in [0.5, 0.6) is 5.88 Å². The highest BCUT2D eigenvalue weighted by atomic mass is 19.3. The summed E-state index contributed by atoms with van der Waals surface area (Å²) >= 11 is 0. The molecule has 0 aliphatic carbocycles. The lowest BCUT2D eigenvalue weighted by Gasteiger charge is -2.19. The molecule has 9 heteroatoms. The van der Waals surface area contributed by atoms with E-state index in [4.69, 9.17) is 4.74 Å². The van der Waals surface area contributed by atoms with Gasteiger partial charge in [0.25, 0.3) is 11.8 Å². The van der Waals surface area contributed by atoms with E-state index in [1.807, 2.05) is 0 Å². The fourth-order valence-corrected chi connectivity index (χ4v) is 2.91. The van der Waals surface area contributed by atoms with E-state index in [2.05, 4.69) is 16.7 Å². The lowest BCUT2D eigenvalue weighted by atomic mass is 9.94. The van der Waals surface area contributed by atoms with Crippen molar-refractivity contribution in [3.8, 4) is 5.88 Å². The monoisotopic (exact) mass is 421 g/mol. The molecule has 7 nitrogen and oxygen atoms in total. The van der Waals surface area contributed by atoms with Crippen LogP contribution in [0.15, 0.2) is 40.7 Å². The summed E-state index contributed by atoms with van der Waals surface area (Å²) < 4.78 is 31.0. The van der Waals surface area contributed by atoms with E-state index in [9.17, 15) is 23.5 Å². The van der Waals surface area contributed by atoms with E-state index >= 15 is 0 Å². The van der Waals surface area contributed by atoms with E-state index in [1.165, 1.54) is 37.2 Å². The van der Waals surface area contributed by atoms with E-state index in [1.54, 1.807) is 13.0 Å². The Bertz CT molecular complexity index is 912. The van der Waals surface area contributed by atoms with Crippen molar-refractivity contribution in [2.75, 3.05) is 13.2 Å². The quantitative estimate of drug-likeness (QED) is 0.619. The number of carbonyl (C=O) groups is 2. The molecule has 0 saturated heterocycles. The number of pyridine rings is 1. The van der Waals surface area contributed by atoms with Crippen molar-refractivity contribution < 1.29 is 28.2 Å². The summed E-state index contributed by atoms with van der Waals surface area (Å²) in [5.41, 5.74) is -0.129. The summed E-state index contributed by atoms with van der Waals surface area (Å²) in [6.07, 6.45) is 4.12. The van der Waals surface area contributed by atoms with Crippen molar-refractivity contribution in [1.29, 1.82) is 0 Å². The molecule has 1 aromatic rings. The summed E-state index contributed by atoms with van der Waals surface area (Å²) in [6, 6.07) is 1.68. The number of nitrogens with zero attached hydrogens (tertiary/aromatic N) is 3. The van der Waals surface area contributed by atoms with Crippen LogP contribution in [0.1, 0.15) is 31.9 Å². The maximum absolute atomic E-state index is 13.0. The Labute approximate surface area is 173 Å². The average molecular weight is 421 g/mol. The van der Waals surface area contributed by atoms with Crippen molar-refractivity contribution in [2.45, 2.75) is 45.8 Å². The van der Waals surface area contributed by atoms with E-state index in [0.29, 0.717) is 11.1 Å². The second kappa shape index (κ2) is 8.83. The number of amides is 1. The highest BCUT2D eigenvalue weighted by Crippen LogP contribution is 2.27. The minimum atomic E-state index is -2.98. The Hall–Kier alpha value is -2.94. The number of hydrogen-bond donors (Lipinski definition) is 1. The highest BCUT2D eigenvalue weighted by Gasteiger charge is 2.37. The minimum Gasteiger partial charge on any atom is -0.471 e. The van der Waals surface area contributed by atoms with Gasteiger partial charge in [-0.1, -0.05) is 0 Å². The van der Waals surface area contributed by atoms with Crippen LogP contribution in [-0.4, -0.2) is 58.1 Å². The number of aliphatic hydroxyl groups is 1. The first-order valence-electron chi connectivity index (χ1n) is 9.21. The number of ether oxygens (including phenoxy) is 1. The number of carbonyl (C=O) groups excluding carboxylic acids is 2. The molecule has 0 saturated carbocycles. The first kappa shape index (κ1) is 23.3. The summed E-state index contributed by atoms with van der Waals surface area (Å²) in [5.74, 6) is -3.84. The van der Waals surface area contributed by atoms with Gasteiger partial charge in [0, 0.05) is 42.6 Å². The normalized spacial score (nSPS) is 15.3. The van der Waals surface area contributed by atoms with Crippen molar-refractivity contribution >= 4 is 18.4 Å². The topological polar surface area (TPSA) is 92.1 Å². The number of hydrogen-bond acceptors (Lipinski definition) is 6. The lowest BCUT2D eigenvalue weighted by Crippen LogP contribution is -2.34. The fraction of sp³-hybridized carbons (Fsp3) is 0.429. The highest BCUT2D eigenvalue weighted by molar-refractivity contribution is 6.13. The molecule has 30 heavy (non-hydrogen) atoms. The maximum Gasteiger partial charge on any atom is 0.278 e. The molecule has 0 atom stereocenters. The predicted molar refractivity (Wildman–Crippen MR) is 108 cm³/mol. The van der Waals surface area contributed by atoms with E-state index in [0.717, 1.165) is 6.92 Å². The van der Waals surface area contributed by atoms with Gasteiger partial charge in [0.15, 0.2) is 12.4 Å². The molecule has 0 bridgehead atoms. The molecular weight excluding hydrogens is 396 g/mol. The molecule has 2 rings (SSSR count). The Kier molecular flexibility index (Phi) is 6.87. The molecule has 1 aliphatic rings. The molecule has 1 aliphatic heterocycles. The molecule has 0 spiro atoms. The molecule has 0 fully saturated rings. The molecule has 1 N–H and O–H groups in total. The molecule has 162 valence electrons. The molecule has 0 aromatic carbocycles. The van der Waals surface area contributed by atoms with Crippen molar-refractivity contribution in [3.05, 3.63) is 46.8 Å². The van der Waals surface area contributed by atoms with Gasteiger partial charge in [-0.3, -0.25) is 14.6 Å². The summed E-state index contributed by atoms with van der Waals surface area (Å²) in [5, 5.41) is 10.1. The second-order valence-corrected chi connectivity index (χ2v) is 7.76. The summed E-state index contributed by atoms with van der Waals surface area (Å²) in [4.78, 5) is 34.4. The number of rotatable bonds is 9. The zero-order valence-electron chi connectivity index (χ0n) is 17.4. The van der Waals surface area contributed by atoms with Crippen LogP contribution in [0.4, 0.5) is 8.78 Å². The van der Waals surface area contributed by atoms with Gasteiger partial charge in [0.2, 0.25) is 5.88 Å². The van der Waals surface area contributed by atoms with Crippen LogP contribution in [0, 0.1) is 6.92 Å². The van der Waals surface area contributed by atoms with Crippen molar-refractivity contribution in [2.24, 2.45) is 4.99 Å². The van der Waals surface area contributed by atoms with E-state index < -0.39 is 29.8 Å². The first-order valence-corrected chi connectivity index (χ1v) is 9.21. The van der Waals surface area contributed by atoms with Gasteiger partial charge >= 0.3 is 0 Å². The maximum atomic E-state index is 13.0. The van der Waals surface area contributed by atoms with Crippen LogP contribution < -0.4 is 4.74 Å². The average Bonchev–Trinajstić information content (AvgIpc) is 2.92. The van der Waals surface area contributed by atoms with Gasteiger partial charge in [0.1, 0.15) is 5.60 Å². The summed E-state index contributed by atoms with van der Waals surface area (Å²) in [6.45, 7) is 7.80. The third-order valence-electron chi connectivity index (χ3n) is 4.29.